The van der Waals surface area contributed by atoms with Crippen LogP contribution in [0.4, 0.5) is 0 Å². The van der Waals surface area contributed by atoms with E-state index >= 15 is 0 Å². The normalized spacial score (nSPS) is 14.2. The van der Waals surface area contributed by atoms with Gasteiger partial charge in [0.25, 0.3) is 11.8 Å². The van der Waals surface area contributed by atoms with Gasteiger partial charge < -0.3 is 14.8 Å². The van der Waals surface area contributed by atoms with Gasteiger partial charge in [-0.1, -0.05) is 48.2 Å². The van der Waals surface area contributed by atoms with Gasteiger partial charge in [0, 0.05) is 17.7 Å². The van der Waals surface area contributed by atoms with Crippen molar-refractivity contribution in [2.45, 2.75) is 31.1 Å². The Morgan fingerprint density at radius 3 is 2.41 bits per heavy atom. The first-order valence-electron chi connectivity index (χ1n) is 14.7. The Morgan fingerprint density at radius 1 is 0.957 bits per heavy atom. The summed E-state index contributed by atoms with van der Waals surface area (Å²) in [7, 11) is 1.63. The number of carbonyl (C=O) groups excluding carboxylic acids is 2. The summed E-state index contributed by atoms with van der Waals surface area (Å²) in [5.74, 6) is 1.72. The number of rotatable bonds is 12. The zero-order chi connectivity index (χ0) is 31.9. The monoisotopic (exact) mass is 652 g/mol. The molecule has 0 radical (unpaired) electrons. The molecule has 0 unspecified atom stereocenters. The smallest absolute Gasteiger partial charge is 0.253 e. The Balaban J connectivity index is 1.24. The van der Waals surface area contributed by atoms with Crippen molar-refractivity contribution in [1.29, 1.82) is 0 Å². The minimum Gasteiger partial charge on any atom is -0.497 e. The molecule has 234 valence electrons. The van der Waals surface area contributed by atoms with E-state index in [1.54, 1.807) is 35.6 Å². The molecule has 0 fully saturated rings. The third-order valence-corrected chi connectivity index (χ3v) is 9.18. The van der Waals surface area contributed by atoms with Crippen LogP contribution in [0.15, 0.2) is 107 Å². The van der Waals surface area contributed by atoms with Crippen molar-refractivity contribution in [2.75, 3.05) is 19.5 Å². The molecular weight excluding hydrogens is 621 g/mol. The highest BCUT2D eigenvalue weighted by molar-refractivity contribution is 7.99. The number of hydrogen-bond acceptors (Lipinski definition) is 9. The second-order valence-corrected chi connectivity index (χ2v) is 12.1. The molecule has 6 rings (SSSR count). The van der Waals surface area contributed by atoms with Gasteiger partial charge in [-0.15, -0.1) is 21.5 Å². The van der Waals surface area contributed by atoms with E-state index in [1.165, 1.54) is 11.8 Å². The number of hydrazone groups is 1. The molecule has 1 aliphatic heterocycles. The maximum atomic E-state index is 13.8. The molecule has 0 bridgehead atoms. The van der Waals surface area contributed by atoms with Crippen LogP contribution in [0, 0.1) is 0 Å². The topological polar surface area (TPSA) is 111 Å². The van der Waals surface area contributed by atoms with Crippen molar-refractivity contribution >= 4 is 40.6 Å². The molecule has 5 aromatic rings. The lowest BCUT2D eigenvalue weighted by Crippen LogP contribution is -2.28. The van der Waals surface area contributed by atoms with Crippen molar-refractivity contribution in [1.82, 2.24) is 25.1 Å². The van der Waals surface area contributed by atoms with Gasteiger partial charge in [-0.05, 0) is 72.5 Å². The largest absolute Gasteiger partial charge is 0.497 e. The second kappa shape index (κ2) is 14.4. The van der Waals surface area contributed by atoms with E-state index in [2.05, 4.69) is 15.5 Å². The zero-order valence-corrected chi connectivity index (χ0v) is 27.0. The fourth-order valence-corrected chi connectivity index (χ4v) is 6.63. The lowest BCUT2D eigenvalue weighted by molar-refractivity contribution is -0.130. The summed E-state index contributed by atoms with van der Waals surface area (Å²) in [6.45, 7) is 2.62. The van der Waals surface area contributed by atoms with Crippen LogP contribution >= 0.6 is 23.1 Å². The summed E-state index contributed by atoms with van der Waals surface area (Å²) >= 11 is 2.88. The number of carbonyl (C=O) groups is 2. The van der Waals surface area contributed by atoms with Gasteiger partial charge in [0.2, 0.25) is 0 Å². The Morgan fingerprint density at radius 2 is 1.72 bits per heavy atom. The van der Waals surface area contributed by atoms with Gasteiger partial charge >= 0.3 is 0 Å². The maximum absolute atomic E-state index is 13.8. The van der Waals surface area contributed by atoms with Crippen molar-refractivity contribution in [2.24, 2.45) is 5.10 Å². The molecule has 12 heteroatoms. The van der Waals surface area contributed by atoms with Gasteiger partial charge in [0.1, 0.15) is 11.5 Å². The molecule has 2 amide bonds. The van der Waals surface area contributed by atoms with Crippen molar-refractivity contribution < 1.29 is 19.1 Å². The van der Waals surface area contributed by atoms with Crippen LogP contribution in [0.5, 0.6) is 11.5 Å². The number of nitrogens with zero attached hydrogens (tertiary/aromatic N) is 5. The van der Waals surface area contributed by atoms with E-state index < -0.39 is 0 Å². The number of thioether (sulfide) groups is 1. The van der Waals surface area contributed by atoms with Crippen LogP contribution in [0.2, 0.25) is 0 Å². The molecule has 3 heterocycles. The van der Waals surface area contributed by atoms with Crippen LogP contribution in [0.1, 0.15) is 46.0 Å². The maximum Gasteiger partial charge on any atom is 0.253 e. The Labute approximate surface area is 275 Å². The van der Waals surface area contributed by atoms with Crippen molar-refractivity contribution in [3.63, 3.8) is 0 Å². The fourth-order valence-electron chi connectivity index (χ4n) is 5.09. The van der Waals surface area contributed by atoms with E-state index in [0.717, 1.165) is 33.3 Å². The van der Waals surface area contributed by atoms with Crippen LogP contribution in [-0.4, -0.2) is 56.8 Å². The molecule has 1 aliphatic rings. The Kier molecular flexibility index (Phi) is 9.75. The van der Waals surface area contributed by atoms with E-state index in [1.807, 2.05) is 95.7 Å². The standard InChI is InChI=1S/C34H32N6O4S2/c1-3-44-27-17-13-25(14-18-27)39-31(21-35-33(42)24-8-5-4-6-9-24)36-37-34(39)46-22-32(41)40-29(23-11-15-26(43-2)16-12-23)20-28(38-40)30-10-7-19-45-30/h4-19,29H,3,20-22H2,1-2H3,(H,35,42)/t29-/m0/s1. The molecule has 1 N–H and O–H groups in total. The number of aromatic nitrogens is 3. The average molecular weight is 653 g/mol. The first-order chi connectivity index (χ1) is 22.5. The fraction of sp³-hybridized carbons (Fsp3) is 0.206. The van der Waals surface area contributed by atoms with Crippen LogP contribution in [0.3, 0.4) is 0 Å². The van der Waals surface area contributed by atoms with E-state index in [-0.39, 0.29) is 30.2 Å². The van der Waals surface area contributed by atoms with Gasteiger partial charge in [-0.2, -0.15) is 5.10 Å². The first-order valence-corrected chi connectivity index (χ1v) is 16.6. The van der Waals surface area contributed by atoms with E-state index in [0.29, 0.717) is 29.6 Å². The van der Waals surface area contributed by atoms with E-state index in [4.69, 9.17) is 14.6 Å². The predicted molar refractivity (Wildman–Crippen MR) is 179 cm³/mol. The molecule has 46 heavy (non-hydrogen) atoms. The first kappa shape index (κ1) is 31.1. The molecule has 3 aromatic carbocycles. The highest BCUT2D eigenvalue weighted by Crippen LogP contribution is 2.35. The highest BCUT2D eigenvalue weighted by Gasteiger charge is 2.33. The molecule has 0 saturated carbocycles. The highest BCUT2D eigenvalue weighted by atomic mass is 32.2. The van der Waals surface area contributed by atoms with Gasteiger partial charge in [-0.3, -0.25) is 14.2 Å². The number of benzene rings is 3. The third-order valence-electron chi connectivity index (χ3n) is 7.35. The zero-order valence-electron chi connectivity index (χ0n) is 25.3. The Hall–Kier alpha value is -4.94. The van der Waals surface area contributed by atoms with E-state index in [9.17, 15) is 9.59 Å². The molecule has 10 nitrogen and oxygen atoms in total. The molecular formula is C34H32N6O4S2. The second-order valence-electron chi connectivity index (χ2n) is 10.3. The van der Waals surface area contributed by atoms with Gasteiger partial charge in [0.15, 0.2) is 11.0 Å². The quantitative estimate of drug-likeness (QED) is 0.161. The minimum atomic E-state index is -0.246. The lowest BCUT2D eigenvalue weighted by Gasteiger charge is -2.22. The van der Waals surface area contributed by atoms with Gasteiger partial charge in [-0.25, -0.2) is 5.01 Å². The SMILES string of the molecule is CCOc1ccc(-n2c(CNC(=O)c3ccccc3)nnc2SCC(=O)N2N=C(c3cccs3)C[C@H]2c2ccc(OC)cc2)cc1. The number of nitrogens with one attached hydrogen (secondary N) is 1. The average Bonchev–Trinajstić information content (AvgIpc) is 3.88. The molecule has 1 atom stereocenters. The van der Waals surface area contributed by atoms with Crippen molar-refractivity contribution in [3.05, 3.63) is 118 Å². The van der Waals surface area contributed by atoms with Gasteiger partial charge in [0.05, 0.1) is 42.6 Å². The summed E-state index contributed by atoms with van der Waals surface area (Å²) in [6.07, 6.45) is 0.608. The van der Waals surface area contributed by atoms with Crippen LogP contribution < -0.4 is 14.8 Å². The lowest BCUT2D eigenvalue weighted by atomic mass is 10.0. The molecule has 2 aromatic heterocycles. The van der Waals surface area contributed by atoms with Crippen molar-refractivity contribution in [3.8, 4) is 17.2 Å². The minimum absolute atomic E-state index is 0.0828. The summed E-state index contributed by atoms with van der Waals surface area (Å²) < 4.78 is 12.8. The molecule has 0 saturated heterocycles. The number of methoxy groups -OCH3 is 1. The number of ether oxygens (including phenoxy) is 2. The third kappa shape index (κ3) is 6.98. The summed E-state index contributed by atoms with van der Waals surface area (Å²) in [4.78, 5) is 27.7. The Bertz CT molecular complexity index is 1810. The molecule has 0 aliphatic carbocycles. The summed E-state index contributed by atoms with van der Waals surface area (Å²) in [5, 5.41) is 20.7. The number of hydrogen-bond donors (Lipinski definition) is 1. The molecule has 0 spiro atoms. The van der Waals surface area contributed by atoms with Crippen LogP contribution in [0.25, 0.3) is 5.69 Å². The number of thiophene rings is 1. The summed E-state index contributed by atoms with van der Waals surface area (Å²) in [5.41, 5.74) is 3.18. The predicted octanol–water partition coefficient (Wildman–Crippen LogP) is 6.14. The van der Waals surface area contributed by atoms with Crippen LogP contribution in [-0.2, 0) is 11.3 Å². The summed E-state index contributed by atoms with van der Waals surface area (Å²) in [6, 6.07) is 28.0. The number of amides is 2.